The number of benzene rings is 1. The second-order valence-electron chi connectivity index (χ2n) is 8.53. The van der Waals surface area contributed by atoms with E-state index in [1.54, 1.807) is 7.11 Å². The van der Waals surface area contributed by atoms with Crippen LogP contribution < -0.4 is 9.64 Å². The van der Waals surface area contributed by atoms with E-state index >= 15 is 0 Å². The lowest BCUT2D eigenvalue weighted by atomic mass is 10.0. The average molecular weight is 417 g/mol. The maximum Gasteiger partial charge on any atom is 0.223 e. The first-order chi connectivity index (χ1) is 14.7. The van der Waals surface area contributed by atoms with E-state index in [9.17, 15) is 4.79 Å². The minimum atomic E-state index is 0.318. The van der Waals surface area contributed by atoms with Gasteiger partial charge in [-0.3, -0.25) is 14.6 Å². The predicted octanol–water partition coefficient (Wildman–Crippen LogP) is 1.53. The van der Waals surface area contributed by atoms with Gasteiger partial charge in [-0.15, -0.1) is 0 Å². The third-order valence-electron chi connectivity index (χ3n) is 6.75. The first kappa shape index (κ1) is 21.4. The Morgan fingerprint density at radius 1 is 1.07 bits per heavy atom. The Bertz CT molecular complexity index is 687. The zero-order valence-electron chi connectivity index (χ0n) is 18.3. The molecule has 3 fully saturated rings. The summed E-state index contributed by atoms with van der Waals surface area (Å²) < 4.78 is 10.9. The predicted molar refractivity (Wildman–Crippen MR) is 118 cm³/mol. The highest BCUT2D eigenvalue weighted by atomic mass is 16.5. The van der Waals surface area contributed by atoms with E-state index in [0.29, 0.717) is 18.4 Å². The Hall–Kier alpha value is -1.83. The van der Waals surface area contributed by atoms with E-state index in [2.05, 4.69) is 31.7 Å². The number of para-hydroxylation sites is 2. The van der Waals surface area contributed by atoms with Crippen LogP contribution in [0.4, 0.5) is 5.69 Å². The van der Waals surface area contributed by atoms with Gasteiger partial charge < -0.3 is 19.3 Å². The molecule has 1 aromatic rings. The van der Waals surface area contributed by atoms with Crippen LogP contribution in [0.25, 0.3) is 0 Å². The number of rotatable bonds is 6. The Labute approximate surface area is 180 Å². The highest BCUT2D eigenvalue weighted by molar-refractivity contribution is 5.76. The Kier molecular flexibility index (Phi) is 7.47. The molecule has 3 saturated heterocycles. The summed E-state index contributed by atoms with van der Waals surface area (Å²) in [5.74, 6) is 1.26. The molecule has 4 rings (SSSR count). The van der Waals surface area contributed by atoms with Gasteiger partial charge in [-0.25, -0.2) is 0 Å². The number of piperazine rings is 1. The molecule has 166 valence electrons. The number of carbonyl (C=O) groups excluding carboxylic acids is 1. The molecule has 0 saturated carbocycles. The van der Waals surface area contributed by atoms with Crippen molar-refractivity contribution in [1.29, 1.82) is 0 Å². The molecule has 30 heavy (non-hydrogen) atoms. The summed E-state index contributed by atoms with van der Waals surface area (Å²) in [4.78, 5) is 22.3. The second kappa shape index (κ2) is 10.5. The number of methoxy groups -OCH3 is 1. The van der Waals surface area contributed by atoms with Crippen molar-refractivity contribution in [2.45, 2.75) is 25.3 Å². The van der Waals surface area contributed by atoms with E-state index in [-0.39, 0.29) is 0 Å². The minimum Gasteiger partial charge on any atom is -0.495 e. The van der Waals surface area contributed by atoms with Gasteiger partial charge in [0.05, 0.1) is 26.0 Å². The van der Waals surface area contributed by atoms with Crippen LogP contribution in [0.5, 0.6) is 5.75 Å². The number of morpholine rings is 1. The van der Waals surface area contributed by atoms with Gasteiger partial charge in [0.1, 0.15) is 5.75 Å². The maximum absolute atomic E-state index is 12.8. The van der Waals surface area contributed by atoms with Crippen LogP contribution in [-0.4, -0.2) is 106 Å². The SMILES string of the molecule is COc1ccccc1N1CCN([C@@H]2CCCN(C(=O)CCN3CCOCC3)C2)CC1. The topological polar surface area (TPSA) is 48.5 Å². The number of carbonyl (C=O) groups is 1. The normalized spacial score (nSPS) is 24.1. The van der Waals surface area contributed by atoms with Gasteiger partial charge in [0.2, 0.25) is 5.91 Å². The number of likely N-dealkylation sites (tertiary alicyclic amines) is 1. The van der Waals surface area contributed by atoms with Crippen LogP contribution in [0.15, 0.2) is 24.3 Å². The largest absolute Gasteiger partial charge is 0.495 e. The first-order valence-electron chi connectivity index (χ1n) is 11.4. The molecule has 3 heterocycles. The molecule has 0 bridgehead atoms. The van der Waals surface area contributed by atoms with Crippen LogP contribution in [0, 0.1) is 0 Å². The fourth-order valence-electron chi connectivity index (χ4n) is 4.93. The van der Waals surface area contributed by atoms with Gasteiger partial charge in [0, 0.05) is 71.4 Å². The van der Waals surface area contributed by atoms with Crippen LogP contribution in [-0.2, 0) is 9.53 Å². The second-order valence-corrected chi connectivity index (χ2v) is 8.53. The Balaban J connectivity index is 1.25. The molecule has 0 N–H and O–H groups in total. The summed E-state index contributed by atoms with van der Waals surface area (Å²) in [5, 5.41) is 0. The summed E-state index contributed by atoms with van der Waals surface area (Å²) in [6, 6.07) is 8.76. The van der Waals surface area contributed by atoms with Crippen LogP contribution in [0.2, 0.25) is 0 Å². The maximum atomic E-state index is 12.8. The van der Waals surface area contributed by atoms with Crippen LogP contribution in [0.1, 0.15) is 19.3 Å². The molecule has 0 aliphatic carbocycles. The lowest BCUT2D eigenvalue weighted by Crippen LogP contribution is -2.56. The molecular formula is C23H36N4O3. The molecule has 7 heteroatoms. The highest BCUT2D eigenvalue weighted by Gasteiger charge is 2.30. The van der Waals surface area contributed by atoms with Gasteiger partial charge >= 0.3 is 0 Å². The molecule has 1 amide bonds. The molecule has 0 radical (unpaired) electrons. The molecule has 0 unspecified atom stereocenters. The number of amides is 1. The molecule has 1 aromatic carbocycles. The van der Waals surface area contributed by atoms with Crippen molar-refractivity contribution in [3.8, 4) is 5.75 Å². The van der Waals surface area contributed by atoms with Crippen LogP contribution in [0.3, 0.4) is 0 Å². The quantitative estimate of drug-likeness (QED) is 0.701. The van der Waals surface area contributed by atoms with Crippen molar-refractivity contribution >= 4 is 11.6 Å². The number of nitrogens with zero attached hydrogens (tertiary/aromatic N) is 4. The summed E-state index contributed by atoms with van der Waals surface area (Å²) in [6.45, 7) is 10.2. The van der Waals surface area contributed by atoms with Crippen molar-refractivity contribution in [3.63, 3.8) is 0 Å². The number of piperidine rings is 1. The molecule has 7 nitrogen and oxygen atoms in total. The lowest BCUT2D eigenvalue weighted by molar-refractivity contribution is -0.134. The molecule has 3 aliphatic rings. The number of anilines is 1. The molecule has 0 aromatic heterocycles. The summed E-state index contributed by atoms with van der Waals surface area (Å²) in [6.07, 6.45) is 2.94. The zero-order valence-corrected chi connectivity index (χ0v) is 18.3. The monoisotopic (exact) mass is 416 g/mol. The van der Waals surface area contributed by atoms with E-state index < -0.39 is 0 Å². The van der Waals surface area contributed by atoms with Gasteiger partial charge in [-0.2, -0.15) is 0 Å². The smallest absolute Gasteiger partial charge is 0.223 e. The van der Waals surface area contributed by atoms with Gasteiger partial charge in [0.25, 0.3) is 0 Å². The van der Waals surface area contributed by atoms with Crippen LogP contribution >= 0.6 is 0 Å². The van der Waals surface area contributed by atoms with Crippen molar-refractivity contribution in [3.05, 3.63) is 24.3 Å². The molecule has 3 aliphatic heterocycles. The Morgan fingerprint density at radius 3 is 2.60 bits per heavy atom. The third kappa shape index (κ3) is 5.25. The average Bonchev–Trinajstić information content (AvgIpc) is 2.83. The first-order valence-corrected chi connectivity index (χ1v) is 11.4. The highest BCUT2D eigenvalue weighted by Crippen LogP contribution is 2.29. The van der Waals surface area contributed by atoms with Crippen molar-refractivity contribution in [1.82, 2.24) is 14.7 Å². The van der Waals surface area contributed by atoms with E-state index in [0.717, 1.165) is 84.3 Å². The number of ether oxygens (including phenoxy) is 2. The van der Waals surface area contributed by atoms with Crippen molar-refractivity contribution in [2.24, 2.45) is 0 Å². The lowest BCUT2D eigenvalue weighted by Gasteiger charge is -2.44. The fourth-order valence-corrected chi connectivity index (χ4v) is 4.93. The zero-order chi connectivity index (χ0) is 20.8. The van der Waals surface area contributed by atoms with E-state index in [1.165, 1.54) is 12.1 Å². The van der Waals surface area contributed by atoms with Gasteiger partial charge in [-0.05, 0) is 25.0 Å². The standard InChI is InChI=1S/C23H36N4O3/c1-29-22-7-3-2-6-21(22)26-13-11-25(12-14-26)20-5-4-9-27(19-20)23(28)8-10-24-15-17-30-18-16-24/h2-3,6-7,20H,4-5,8-19H2,1H3/t20-/m1/s1. The van der Waals surface area contributed by atoms with Gasteiger partial charge in [-0.1, -0.05) is 12.1 Å². The summed E-state index contributed by atoms with van der Waals surface area (Å²) >= 11 is 0. The number of hydrogen-bond donors (Lipinski definition) is 0. The van der Waals surface area contributed by atoms with E-state index in [1.807, 2.05) is 12.1 Å². The fraction of sp³-hybridized carbons (Fsp3) is 0.696. The van der Waals surface area contributed by atoms with Crippen molar-refractivity contribution < 1.29 is 14.3 Å². The number of hydrogen-bond acceptors (Lipinski definition) is 6. The molecule has 1 atom stereocenters. The Morgan fingerprint density at radius 2 is 1.83 bits per heavy atom. The van der Waals surface area contributed by atoms with E-state index in [4.69, 9.17) is 9.47 Å². The molecular weight excluding hydrogens is 380 g/mol. The minimum absolute atomic E-state index is 0.318. The molecule has 0 spiro atoms. The van der Waals surface area contributed by atoms with Gasteiger partial charge in [0.15, 0.2) is 0 Å². The van der Waals surface area contributed by atoms with Crippen molar-refractivity contribution in [2.75, 3.05) is 84.1 Å². The summed E-state index contributed by atoms with van der Waals surface area (Å²) in [5.41, 5.74) is 1.18. The third-order valence-corrected chi connectivity index (χ3v) is 6.75. The summed E-state index contributed by atoms with van der Waals surface area (Å²) in [7, 11) is 1.74.